The van der Waals surface area contributed by atoms with E-state index in [1.165, 1.54) is 22.3 Å². The Bertz CT molecular complexity index is 1890. The molecule has 0 saturated heterocycles. The van der Waals surface area contributed by atoms with E-state index in [1.54, 1.807) is 0 Å². The molecule has 5 aromatic rings. The predicted molar refractivity (Wildman–Crippen MR) is 275 cm³/mol. The maximum Gasteiger partial charge on any atom is 0.312 e. The van der Waals surface area contributed by atoms with Crippen LogP contribution in [0.25, 0.3) is 0 Å². The van der Waals surface area contributed by atoms with Crippen LogP contribution in [-0.4, -0.2) is 25.2 Å². The average Bonchev–Trinajstić information content (AvgIpc) is 3.36. The molecule has 6 atom stereocenters. The van der Waals surface area contributed by atoms with Gasteiger partial charge in [-0.05, 0) is 104 Å². The zero-order valence-corrected chi connectivity index (χ0v) is 42.4. The van der Waals surface area contributed by atoms with Crippen LogP contribution in [0.1, 0.15) is 186 Å². The lowest BCUT2D eigenvalue weighted by atomic mass is 9.68. The highest BCUT2D eigenvalue weighted by atomic mass is 16.6. The van der Waals surface area contributed by atoms with Crippen LogP contribution in [0.2, 0.25) is 0 Å². The lowest BCUT2D eigenvalue weighted by Crippen LogP contribution is -2.36. The zero-order valence-electron chi connectivity index (χ0n) is 42.4. The van der Waals surface area contributed by atoms with Gasteiger partial charge in [0.1, 0.15) is 13.2 Å². The van der Waals surface area contributed by atoms with Gasteiger partial charge in [0.2, 0.25) is 0 Å². The second kappa shape index (κ2) is 31.8. The van der Waals surface area contributed by atoms with E-state index in [-0.39, 0.29) is 48.8 Å². The van der Waals surface area contributed by atoms with E-state index in [0.717, 1.165) is 24.8 Å². The Morgan fingerprint density at radius 2 is 0.781 bits per heavy atom. The molecule has 0 aliphatic carbocycles. The molecule has 0 radical (unpaired) electrons. The second-order valence-electron chi connectivity index (χ2n) is 16.6. The Kier molecular flexibility index (Phi) is 28.4. The minimum absolute atomic E-state index is 0.00286. The lowest BCUT2D eigenvalue weighted by Gasteiger charge is -2.36. The van der Waals surface area contributed by atoms with Gasteiger partial charge in [-0.25, -0.2) is 0 Å². The SMILES string of the molecule is CC.CC.CC.CC.CCC(CC(C)(CC(C)c1ccccc1)C(=O)OCCOC(=O)C(C)(C)C(CC(CC(C)c1ccccc1)c1ccccc1)c1ccccc1)c1ccccc1. The first-order valence-corrected chi connectivity index (χ1v) is 24.6. The van der Waals surface area contributed by atoms with Crippen molar-refractivity contribution in [2.75, 3.05) is 13.2 Å². The summed E-state index contributed by atoms with van der Waals surface area (Å²) < 4.78 is 12.0. The van der Waals surface area contributed by atoms with E-state index < -0.39 is 10.8 Å². The van der Waals surface area contributed by atoms with E-state index in [1.807, 2.05) is 119 Å². The summed E-state index contributed by atoms with van der Waals surface area (Å²) in [7, 11) is 0. The Labute approximate surface area is 391 Å². The second-order valence-corrected chi connectivity index (χ2v) is 16.6. The van der Waals surface area contributed by atoms with Gasteiger partial charge in [0.25, 0.3) is 0 Å². The summed E-state index contributed by atoms with van der Waals surface area (Å²) >= 11 is 0. The summed E-state index contributed by atoms with van der Waals surface area (Å²) in [5, 5.41) is 0. The van der Waals surface area contributed by atoms with Crippen molar-refractivity contribution in [1.82, 2.24) is 0 Å². The number of carbonyl (C=O) groups is 2. The molecule has 0 heterocycles. The molecule has 0 aromatic heterocycles. The molecule has 0 amide bonds. The Morgan fingerprint density at radius 1 is 0.438 bits per heavy atom. The van der Waals surface area contributed by atoms with E-state index in [2.05, 4.69) is 130 Å². The number of hydrogen-bond donors (Lipinski definition) is 0. The number of rotatable bonds is 20. The van der Waals surface area contributed by atoms with Gasteiger partial charge in [0.05, 0.1) is 10.8 Å². The van der Waals surface area contributed by atoms with E-state index in [4.69, 9.17) is 9.47 Å². The fraction of sp³-hybridized carbons (Fsp3) is 0.467. The number of esters is 2. The molecule has 0 aliphatic rings. The number of benzene rings is 5. The van der Waals surface area contributed by atoms with Crippen LogP contribution in [-0.2, 0) is 19.1 Å². The quantitative estimate of drug-likeness (QED) is 0.0577. The molecule has 0 fully saturated rings. The largest absolute Gasteiger partial charge is 0.462 e. The summed E-state index contributed by atoms with van der Waals surface area (Å²) in [4.78, 5) is 28.3. The van der Waals surface area contributed by atoms with Gasteiger partial charge in [-0.3, -0.25) is 9.59 Å². The number of carbonyl (C=O) groups excluding carboxylic acids is 2. The monoisotopic (exact) mass is 871 g/mol. The molecule has 64 heavy (non-hydrogen) atoms. The number of ether oxygens (including phenoxy) is 2. The van der Waals surface area contributed by atoms with Crippen molar-refractivity contribution in [2.45, 2.75) is 159 Å². The molecule has 0 N–H and O–H groups in total. The predicted octanol–water partition coefficient (Wildman–Crippen LogP) is 17.1. The van der Waals surface area contributed by atoms with Gasteiger partial charge in [0, 0.05) is 5.92 Å². The van der Waals surface area contributed by atoms with Crippen molar-refractivity contribution < 1.29 is 19.1 Å². The van der Waals surface area contributed by atoms with Crippen LogP contribution >= 0.6 is 0 Å². The molecular weight excluding hydrogens is 785 g/mol. The van der Waals surface area contributed by atoms with Gasteiger partial charge in [-0.2, -0.15) is 0 Å². The van der Waals surface area contributed by atoms with E-state index in [0.29, 0.717) is 18.8 Å². The van der Waals surface area contributed by atoms with Gasteiger partial charge in [0.15, 0.2) is 0 Å². The van der Waals surface area contributed by atoms with Crippen LogP contribution in [0.4, 0.5) is 0 Å². The Balaban J connectivity index is 0.00000242. The molecule has 6 unspecified atom stereocenters. The normalized spacial score (nSPS) is 13.8. The van der Waals surface area contributed by atoms with Crippen molar-refractivity contribution in [1.29, 1.82) is 0 Å². The molecule has 4 nitrogen and oxygen atoms in total. The maximum atomic E-state index is 14.2. The first kappa shape index (κ1) is 57.1. The van der Waals surface area contributed by atoms with Crippen LogP contribution in [0, 0.1) is 10.8 Å². The topological polar surface area (TPSA) is 52.6 Å². The Morgan fingerprint density at radius 3 is 1.19 bits per heavy atom. The molecule has 0 spiro atoms. The van der Waals surface area contributed by atoms with Gasteiger partial charge in [-0.1, -0.05) is 228 Å². The first-order valence-electron chi connectivity index (χ1n) is 24.6. The molecule has 350 valence electrons. The minimum atomic E-state index is -0.849. The molecule has 0 saturated carbocycles. The fourth-order valence-corrected chi connectivity index (χ4v) is 8.62. The van der Waals surface area contributed by atoms with Crippen molar-refractivity contribution in [3.05, 3.63) is 179 Å². The lowest BCUT2D eigenvalue weighted by molar-refractivity contribution is -0.165. The fourth-order valence-electron chi connectivity index (χ4n) is 8.62. The maximum absolute atomic E-state index is 14.2. The van der Waals surface area contributed by atoms with Gasteiger partial charge < -0.3 is 9.47 Å². The standard InChI is InChI=1S/C52H62O4.4C2H6/c1-7-41(44-27-17-10-18-28-44)38-52(6,37-40(3)43-25-15-9-16-26-43)50(54)56-34-33-55-49(53)51(4,5)48(46-31-21-12-22-32-46)36-47(45-29-19-11-20-30-45)35-39(2)42-23-13-8-14-24-42;4*1-2/h8-32,39-41,47-48H,7,33-38H2,1-6H3;4*1-2H3. The highest BCUT2D eigenvalue weighted by Gasteiger charge is 2.42. The van der Waals surface area contributed by atoms with Crippen molar-refractivity contribution in [2.24, 2.45) is 10.8 Å². The molecule has 5 rings (SSSR count). The zero-order chi connectivity index (χ0) is 48.0. The van der Waals surface area contributed by atoms with Crippen LogP contribution in [0.3, 0.4) is 0 Å². The van der Waals surface area contributed by atoms with Crippen LogP contribution < -0.4 is 0 Å². The third-order valence-electron chi connectivity index (χ3n) is 12.0. The highest BCUT2D eigenvalue weighted by Crippen LogP contribution is 2.46. The van der Waals surface area contributed by atoms with E-state index >= 15 is 0 Å². The first-order chi connectivity index (χ1) is 31.0. The third-order valence-corrected chi connectivity index (χ3v) is 12.0. The van der Waals surface area contributed by atoms with Crippen LogP contribution in [0.5, 0.6) is 0 Å². The van der Waals surface area contributed by atoms with Crippen LogP contribution in [0.15, 0.2) is 152 Å². The summed E-state index contributed by atoms with van der Waals surface area (Å²) in [5.41, 5.74) is 4.54. The summed E-state index contributed by atoms with van der Waals surface area (Å²) in [6.45, 7) is 28.7. The van der Waals surface area contributed by atoms with Crippen molar-refractivity contribution >= 4 is 11.9 Å². The third kappa shape index (κ3) is 17.9. The molecular formula is C60H86O4. The summed E-state index contributed by atoms with van der Waals surface area (Å²) in [5.74, 6) is 0.268. The van der Waals surface area contributed by atoms with Crippen molar-refractivity contribution in [3.8, 4) is 0 Å². The number of hydrogen-bond acceptors (Lipinski definition) is 4. The van der Waals surface area contributed by atoms with Gasteiger partial charge in [-0.15, -0.1) is 0 Å². The van der Waals surface area contributed by atoms with Crippen molar-refractivity contribution in [3.63, 3.8) is 0 Å². The molecule has 0 aliphatic heterocycles. The Hall–Kier alpha value is -4.96. The average molecular weight is 871 g/mol. The highest BCUT2D eigenvalue weighted by molar-refractivity contribution is 5.78. The minimum Gasteiger partial charge on any atom is -0.462 e. The molecule has 4 heteroatoms. The van der Waals surface area contributed by atoms with Gasteiger partial charge >= 0.3 is 11.9 Å². The summed E-state index contributed by atoms with van der Waals surface area (Å²) in [6.07, 6.45) is 3.96. The summed E-state index contributed by atoms with van der Waals surface area (Å²) in [6, 6.07) is 52.5. The molecule has 5 aromatic carbocycles. The van der Waals surface area contributed by atoms with E-state index in [9.17, 15) is 9.59 Å². The molecule has 0 bridgehead atoms. The smallest absolute Gasteiger partial charge is 0.312 e.